The predicted octanol–water partition coefficient (Wildman–Crippen LogP) is 3.73. The number of nitro groups is 1. The number of benzene rings is 2. The van der Waals surface area contributed by atoms with E-state index in [1.54, 1.807) is 0 Å². The zero-order valence-electron chi connectivity index (χ0n) is 13.6. The minimum Gasteiger partial charge on any atom is -0.258 e. The lowest BCUT2D eigenvalue weighted by molar-refractivity contribution is -0.387. The van der Waals surface area contributed by atoms with E-state index in [-0.39, 0.29) is 4.90 Å². The molecule has 1 aromatic heterocycles. The highest BCUT2D eigenvalue weighted by Gasteiger charge is 2.40. The van der Waals surface area contributed by atoms with Crippen LogP contribution in [0.25, 0.3) is 10.2 Å². The second-order valence-electron chi connectivity index (χ2n) is 6.02. The minimum absolute atomic E-state index is 0.266. The molecule has 0 saturated carbocycles. The minimum atomic E-state index is -3.99. The summed E-state index contributed by atoms with van der Waals surface area (Å²) in [7, 11) is -3.99. The van der Waals surface area contributed by atoms with Crippen molar-refractivity contribution in [3.05, 3.63) is 63.7 Å². The van der Waals surface area contributed by atoms with Gasteiger partial charge in [0.05, 0.1) is 21.2 Å². The van der Waals surface area contributed by atoms with Crippen molar-refractivity contribution in [1.29, 1.82) is 0 Å². The molecule has 0 radical (unpaired) electrons. The predicted molar refractivity (Wildman–Crippen MR) is 98.6 cm³/mol. The van der Waals surface area contributed by atoms with Gasteiger partial charge in [-0.2, -0.15) is 4.31 Å². The van der Waals surface area contributed by atoms with E-state index in [9.17, 15) is 18.5 Å². The van der Waals surface area contributed by atoms with Crippen LogP contribution in [-0.2, 0) is 10.0 Å². The quantitative estimate of drug-likeness (QED) is 0.501. The molecular weight excluding hydrogens is 374 g/mol. The molecule has 4 rings (SSSR count). The first-order chi connectivity index (χ1) is 12.5. The molecule has 3 aromatic rings. The molecule has 0 N–H and O–H groups in total. The van der Waals surface area contributed by atoms with E-state index in [0.29, 0.717) is 19.4 Å². The first-order valence-electron chi connectivity index (χ1n) is 8.09. The van der Waals surface area contributed by atoms with E-state index in [0.717, 1.165) is 15.2 Å². The maximum Gasteiger partial charge on any atom is 0.289 e. The van der Waals surface area contributed by atoms with Crippen LogP contribution in [0.5, 0.6) is 0 Å². The van der Waals surface area contributed by atoms with E-state index >= 15 is 0 Å². The van der Waals surface area contributed by atoms with Crippen molar-refractivity contribution in [2.75, 3.05) is 6.54 Å². The second kappa shape index (κ2) is 6.42. The van der Waals surface area contributed by atoms with Gasteiger partial charge in [0.2, 0.25) is 0 Å². The van der Waals surface area contributed by atoms with Gasteiger partial charge in [-0.3, -0.25) is 10.1 Å². The van der Waals surface area contributed by atoms with Gasteiger partial charge >= 0.3 is 0 Å². The molecule has 1 unspecified atom stereocenters. The third-order valence-electron chi connectivity index (χ3n) is 4.45. The van der Waals surface area contributed by atoms with Gasteiger partial charge < -0.3 is 0 Å². The van der Waals surface area contributed by atoms with Crippen LogP contribution in [0, 0.1) is 10.1 Å². The van der Waals surface area contributed by atoms with E-state index in [1.165, 1.54) is 39.9 Å². The van der Waals surface area contributed by atoms with Crippen molar-refractivity contribution in [2.45, 2.75) is 23.8 Å². The summed E-state index contributed by atoms with van der Waals surface area (Å²) in [6, 6.07) is 12.7. The van der Waals surface area contributed by atoms with E-state index in [1.807, 2.05) is 24.3 Å². The highest BCUT2D eigenvalue weighted by atomic mass is 32.2. The maximum atomic E-state index is 13.2. The topological polar surface area (TPSA) is 93.4 Å². The van der Waals surface area contributed by atoms with Gasteiger partial charge in [-0.05, 0) is 31.0 Å². The Morgan fingerprint density at radius 3 is 2.65 bits per heavy atom. The largest absolute Gasteiger partial charge is 0.289 e. The monoisotopic (exact) mass is 389 g/mol. The highest BCUT2D eigenvalue weighted by molar-refractivity contribution is 7.89. The van der Waals surface area contributed by atoms with Crippen LogP contribution >= 0.6 is 11.3 Å². The average Bonchev–Trinajstić information content (AvgIpc) is 3.28. The van der Waals surface area contributed by atoms with Crippen LogP contribution in [0.3, 0.4) is 0 Å². The van der Waals surface area contributed by atoms with Crippen molar-refractivity contribution in [2.24, 2.45) is 0 Å². The average molecular weight is 389 g/mol. The van der Waals surface area contributed by atoms with Crippen LogP contribution in [0.1, 0.15) is 23.9 Å². The standard InChI is InChI=1S/C17H15N3O4S2/c21-20(22)13-7-2-4-10-16(13)26(23,24)19-11-5-8-14(19)17-18-12-6-1-3-9-15(12)25-17/h1-4,6-7,9-10,14H,5,8,11H2. The first-order valence-corrected chi connectivity index (χ1v) is 10.3. The lowest BCUT2D eigenvalue weighted by Crippen LogP contribution is -2.31. The van der Waals surface area contributed by atoms with Gasteiger partial charge in [0, 0.05) is 12.6 Å². The maximum absolute atomic E-state index is 13.2. The van der Waals surface area contributed by atoms with Crippen molar-refractivity contribution >= 4 is 37.3 Å². The number of para-hydroxylation sites is 2. The molecule has 0 spiro atoms. The highest BCUT2D eigenvalue weighted by Crippen LogP contribution is 2.40. The Kier molecular flexibility index (Phi) is 4.22. The van der Waals surface area contributed by atoms with Gasteiger partial charge in [0.15, 0.2) is 4.90 Å². The number of thiazole rings is 1. The van der Waals surface area contributed by atoms with Crippen LogP contribution in [-0.4, -0.2) is 29.2 Å². The molecule has 1 atom stereocenters. The van der Waals surface area contributed by atoms with Crippen molar-refractivity contribution in [3.63, 3.8) is 0 Å². The smallest absolute Gasteiger partial charge is 0.258 e. The molecule has 1 saturated heterocycles. The molecule has 2 aromatic carbocycles. The Bertz CT molecular complexity index is 1060. The molecule has 2 heterocycles. The Morgan fingerprint density at radius 1 is 1.15 bits per heavy atom. The van der Waals surface area contributed by atoms with Crippen molar-refractivity contribution in [3.8, 4) is 0 Å². The number of rotatable bonds is 4. The Balaban J connectivity index is 1.77. The third-order valence-corrected chi connectivity index (χ3v) is 7.54. The van der Waals surface area contributed by atoms with Gasteiger partial charge in [0.1, 0.15) is 5.01 Å². The second-order valence-corrected chi connectivity index (χ2v) is 8.94. The molecule has 1 aliphatic rings. The number of nitro benzene ring substituents is 1. The van der Waals surface area contributed by atoms with Gasteiger partial charge in [-0.15, -0.1) is 11.3 Å². The number of fused-ring (bicyclic) bond motifs is 1. The fourth-order valence-electron chi connectivity index (χ4n) is 3.26. The van der Waals surface area contributed by atoms with Crippen LogP contribution < -0.4 is 0 Å². The molecular formula is C17H15N3O4S2. The van der Waals surface area contributed by atoms with Crippen molar-refractivity contribution in [1.82, 2.24) is 9.29 Å². The molecule has 0 amide bonds. The van der Waals surface area contributed by atoms with Crippen LogP contribution in [0.2, 0.25) is 0 Å². The summed E-state index contributed by atoms with van der Waals surface area (Å²) in [5.74, 6) is 0. The summed E-state index contributed by atoms with van der Waals surface area (Å²) in [6.07, 6.45) is 1.35. The fourth-order valence-corrected chi connectivity index (χ4v) is 6.26. The Morgan fingerprint density at radius 2 is 1.88 bits per heavy atom. The van der Waals surface area contributed by atoms with E-state index in [4.69, 9.17) is 0 Å². The lowest BCUT2D eigenvalue weighted by Gasteiger charge is -2.22. The summed E-state index contributed by atoms with van der Waals surface area (Å²) in [6.45, 7) is 0.328. The number of nitrogens with zero attached hydrogens (tertiary/aromatic N) is 3. The van der Waals surface area contributed by atoms with E-state index < -0.39 is 26.7 Å². The van der Waals surface area contributed by atoms with E-state index in [2.05, 4.69) is 4.98 Å². The summed E-state index contributed by atoms with van der Waals surface area (Å²) in [5.41, 5.74) is 0.435. The van der Waals surface area contributed by atoms with Crippen LogP contribution in [0.15, 0.2) is 53.4 Å². The van der Waals surface area contributed by atoms with Gasteiger partial charge in [-0.1, -0.05) is 24.3 Å². The molecule has 1 aliphatic heterocycles. The summed E-state index contributed by atoms with van der Waals surface area (Å²) in [4.78, 5) is 14.9. The lowest BCUT2D eigenvalue weighted by atomic mass is 10.2. The van der Waals surface area contributed by atoms with Gasteiger partial charge in [0.25, 0.3) is 15.7 Å². The molecule has 9 heteroatoms. The number of hydrogen-bond donors (Lipinski definition) is 0. The van der Waals surface area contributed by atoms with Gasteiger partial charge in [-0.25, -0.2) is 13.4 Å². The normalized spacial score (nSPS) is 18.4. The third kappa shape index (κ3) is 2.77. The van der Waals surface area contributed by atoms with Crippen LogP contribution in [0.4, 0.5) is 5.69 Å². The fraction of sp³-hybridized carbons (Fsp3) is 0.235. The summed E-state index contributed by atoms with van der Waals surface area (Å²) >= 11 is 1.47. The Labute approximate surface area is 154 Å². The zero-order valence-corrected chi connectivity index (χ0v) is 15.2. The number of aromatic nitrogens is 1. The first kappa shape index (κ1) is 17.1. The summed E-state index contributed by atoms with van der Waals surface area (Å²) < 4.78 is 28.7. The molecule has 0 aliphatic carbocycles. The number of hydrogen-bond acceptors (Lipinski definition) is 6. The molecule has 0 bridgehead atoms. The summed E-state index contributed by atoms with van der Waals surface area (Å²) in [5, 5.41) is 12.0. The molecule has 26 heavy (non-hydrogen) atoms. The molecule has 1 fully saturated rings. The number of sulfonamides is 1. The Hall–Kier alpha value is -2.36. The molecule has 7 nitrogen and oxygen atoms in total. The molecule has 134 valence electrons. The zero-order chi connectivity index (χ0) is 18.3. The van der Waals surface area contributed by atoms with Crippen molar-refractivity contribution < 1.29 is 13.3 Å². The SMILES string of the molecule is O=[N+]([O-])c1ccccc1S(=O)(=O)N1CCCC1c1nc2ccccc2s1.